The molecular weight excluding hydrogens is 414 g/mol. The summed E-state index contributed by atoms with van der Waals surface area (Å²) < 4.78 is 27.1. The molecule has 5 unspecified atom stereocenters. The Kier molecular flexibility index (Phi) is 6.58. The zero-order valence-electron chi connectivity index (χ0n) is 18.5. The van der Waals surface area contributed by atoms with Crippen LogP contribution in [0.2, 0.25) is 0 Å². The Morgan fingerprint density at radius 1 is 1.16 bits per heavy atom. The number of carbonyl (C=O) groups excluding carboxylic acids is 2. The fourth-order valence-corrected chi connectivity index (χ4v) is 5.20. The number of amides is 2. The molecule has 0 spiro atoms. The number of rotatable bonds is 8. The van der Waals surface area contributed by atoms with E-state index in [-0.39, 0.29) is 41.4 Å². The molecule has 8 heteroatoms. The first kappa shape index (κ1) is 22.4. The predicted molar refractivity (Wildman–Crippen MR) is 118 cm³/mol. The molecule has 1 saturated heterocycles. The summed E-state index contributed by atoms with van der Waals surface area (Å²) in [6.45, 7) is 5.72. The van der Waals surface area contributed by atoms with E-state index in [9.17, 15) is 18.4 Å². The molecule has 5 atom stereocenters. The second kappa shape index (κ2) is 9.38. The maximum Gasteiger partial charge on any atom is 0.233 e. The summed E-state index contributed by atoms with van der Waals surface area (Å²) in [5, 5.41) is 6.35. The number of guanidine groups is 1. The Balaban J connectivity index is 1.27. The van der Waals surface area contributed by atoms with E-state index >= 15 is 0 Å². The Morgan fingerprint density at radius 2 is 1.84 bits per heavy atom. The van der Waals surface area contributed by atoms with Gasteiger partial charge in [0.05, 0.1) is 11.8 Å². The van der Waals surface area contributed by atoms with E-state index in [1.54, 1.807) is 0 Å². The number of benzene rings is 1. The van der Waals surface area contributed by atoms with Crippen LogP contribution >= 0.6 is 0 Å². The van der Waals surface area contributed by atoms with Crippen molar-refractivity contribution < 1.29 is 18.4 Å². The van der Waals surface area contributed by atoms with Gasteiger partial charge in [-0.15, -0.1) is 0 Å². The van der Waals surface area contributed by atoms with Gasteiger partial charge in [-0.25, -0.2) is 8.78 Å². The number of halogens is 2. The summed E-state index contributed by atoms with van der Waals surface area (Å²) in [7, 11) is 0. The van der Waals surface area contributed by atoms with E-state index in [1.165, 1.54) is 17.0 Å². The van der Waals surface area contributed by atoms with Crippen molar-refractivity contribution in [1.82, 2.24) is 15.5 Å². The van der Waals surface area contributed by atoms with Gasteiger partial charge in [-0.3, -0.25) is 19.5 Å². The summed E-state index contributed by atoms with van der Waals surface area (Å²) >= 11 is 0. The third-order valence-electron chi connectivity index (χ3n) is 6.77. The van der Waals surface area contributed by atoms with Crippen LogP contribution < -0.4 is 10.6 Å². The largest absolute Gasteiger partial charge is 0.357 e. The lowest BCUT2D eigenvalue weighted by Crippen LogP contribution is -2.40. The van der Waals surface area contributed by atoms with Crippen molar-refractivity contribution in [3.63, 3.8) is 0 Å². The van der Waals surface area contributed by atoms with Crippen molar-refractivity contribution >= 4 is 17.8 Å². The molecule has 1 aromatic carbocycles. The summed E-state index contributed by atoms with van der Waals surface area (Å²) in [6, 6.07) is 3.58. The normalized spacial score (nSPS) is 27.2. The van der Waals surface area contributed by atoms with Gasteiger partial charge in [-0.1, -0.05) is 25.1 Å². The smallest absolute Gasteiger partial charge is 0.233 e. The van der Waals surface area contributed by atoms with Gasteiger partial charge in [0.15, 0.2) is 5.96 Å². The SMILES string of the molecule is CCNC(=NCC(C)c1ccc(F)cc1F)NCCCN1C(=O)C2C3C=CC(C3)C2C1=O. The van der Waals surface area contributed by atoms with Crippen molar-refractivity contribution in [2.24, 2.45) is 28.7 Å². The van der Waals surface area contributed by atoms with Gasteiger partial charge in [0.1, 0.15) is 11.6 Å². The molecule has 2 aliphatic carbocycles. The molecule has 1 heterocycles. The molecule has 2 bridgehead atoms. The minimum Gasteiger partial charge on any atom is -0.357 e. The van der Waals surface area contributed by atoms with Crippen molar-refractivity contribution in [2.75, 3.05) is 26.2 Å². The molecule has 0 aromatic heterocycles. The Hall–Kier alpha value is -2.77. The summed E-state index contributed by atoms with van der Waals surface area (Å²) in [4.78, 5) is 31.4. The number of likely N-dealkylation sites (tertiary alicyclic amines) is 1. The van der Waals surface area contributed by atoms with Gasteiger partial charge in [0.25, 0.3) is 0 Å². The first-order valence-electron chi connectivity index (χ1n) is 11.4. The van der Waals surface area contributed by atoms with Crippen LogP contribution in [0.3, 0.4) is 0 Å². The number of hydrogen-bond acceptors (Lipinski definition) is 3. The summed E-state index contributed by atoms with van der Waals surface area (Å²) in [5.74, 6) is -0.696. The molecule has 1 aliphatic heterocycles. The van der Waals surface area contributed by atoms with Crippen LogP contribution in [0.15, 0.2) is 35.3 Å². The Bertz CT molecular complexity index is 918. The highest BCUT2D eigenvalue weighted by atomic mass is 19.1. The van der Waals surface area contributed by atoms with Crippen LogP contribution in [0.5, 0.6) is 0 Å². The minimum absolute atomic E-state index is 0.0208. The maximum atomic E-state index is 14.0. The van der Waals surface area contributed by atoms with Crippen LogP contribution in [0.4, 0.5) is 8.78 Å². The van der Waals surface area contributed by atoms with Gasteiger partial charge < -0.3 is 10.6 Å². The number of allylic oxidation sites excluding steroid dienone is 2. The lowest BCUT2D eigenvalue weighted by molar-refractivity contribution is -0.140. The molecule has 2 N–H and O–H groups in total. The van der Waals surface area contributed by atoms with Crippen molar-refractivity contribution in [3.05, 3.63) is 47.5 Å². The van der Waals surface area contributed by atoms with Gasteiger partial charge in [-0.2, -0.15) is 0 Å². The van der Waals surface area contributed by atoms with Crippen LogP contribution in [0.1, 0.15) is 38.2 Å². The van der Waals surface area contributed by atoms with E-state index in [4.69, 9.17) is 0 Å². The molecule has 3 aliphatic rings. The number of nitrogens with one attached hydrogen (secondary N) is 2. The second-order valence-corrected chi connectivity index (χ2v) is 8.89. The molecular formula is C24H30F2N4O2. The highest BCUT2D eigenvalue weighted by Crippen LogP contribution is 2.52. The Labute approximate surface area is 187 Å². The molecule has 32 heavy (non-hydrogen) atoms. The number of hydrogen-bond donors (Lipinski definition) is 2. The number of aliphatic imine (C=N–C) groups is 1. The minimum atomic E-state index is -0.598. The van der Waals surface area contributed by atoms with Crippen molar-refractivity contribution in [2.45, 2.75) is 32.6 Å². The first-order chi connectivity index (χ1) is 15.4. The monoisotopic (exact) mass is 444 g/mol. The molecule has 2 fully saturated rings. The Morgan fingerprint density at radius 3 is 2.47 bits per heavy atom. The number of fused-ring (bicyclic) bond motifs is 5. The molecule has 2 amide bonds. The number of imide groups is 1. The zero-order valence-corrected chi connectivity index (χ0v) is 18.5. The fourth-order valence-electron chi connectivity index (χ4n) is 5.20. The van der Waals surface area contributed by atoms with Gasteiger partial charge in [0, 0.05) is 38.2 Å². The molecule has 6 nitrogen and oxygen atoms in total. The van der Waals surface area contributed by atoms with E-state index in [1.807, 2.05) is 13.8 Å². The van der Waals surface area contributed by atoms with Gasteiger partial charge in [0.2, 0.25) is 11.8 Å². The average molecular weight is 445 g/mol. The third kappa shape index (κ3) is 4.27. The maximum absolute atomic E-state index is 14.0. The average Bonchev–Trinajstić information content (AvgIpc) is 3.44. The zero-order chi connectivity index (χ0) is 22.8. The molecule has 1 aromatic rings. The quantitative estimate of drug-likeness (QED) is 0.213. The fraction of sp³-hybridized carbons (Fsp3) is 0.542. The molecule has 0 radical (unpaired) electrons. The van der Waals surface area contributed by atoms with Crippen molar-refractivity contribution in [1.29, 1.82) is 0 Å². The van der Waals surface area contributed by atoms with Gasteiger partial charge in [-0.05, 0) is 43.2 Å². The lowest BCUT2D eigenvalue weighted by Gasteiger charge is -2.18. The van der Waals surface area contributed by atoms with E-state index in [0.717, 1.165) is 12.5 Å². The van der Waals surface area contributed by atoms with Crippen LogP contribution in [0.25, 0.3) is 0 Å². The standard InChI is InChI=1S/C24H30F2N4O2/c1-3-27-24(29-13-14(2)18-8-7-17(25)12-19(18)26)28-9-4-10-30-22(31)20-15-5-6-16(11-15)21(20)23(30)32/h5-8,12,14-16,20-21H,3-4,9-11,13H2,1-2H3,(H2,27,28,29). The third-order valence-corrected chi connectivity index (χ3v) is 6.77. The van der Waals surface area contributed by atoms with Gasteiger partial charge >= 0.3 is 0 Å². The van der Waals surface area contributed by atoms with Crippen LogP contribution in [-0.2, 0) is 9.59 Å². The number of carbonyl (C=O) groups is 2. The van der Waals surface area contributed by atoms with Crippen LogP contribution in [0, 0.1) is 35.3 Å². The highest BCUT2D eigenvalue weighted by molar-refractivity contribution is 6.06. The number of nitrogens with zero attached hydrogens (tertiary/aromatic N) is 2. The van der Waals surface area contributed by atoms with Crippen LogP contribution in [-0.4, -0.2) is 48.9 Å². The van der Waals surface area contributed by atoms with E-state index in [0.29, 0.717) is 44.1 Å². The first-order valence-corrected chi connectivity index (χ1v) is 11.4. The summed E-state index contributed by atoms with van der Waals surface area (Å²) in [6.07, 6.45) is 5.75. The molecule has 1 saturated carbocycles. The summed E-state index contributed by atoms with van der Waals surface area (Å²) in [5.41, 5.74) is 0.422. The topological polar surface area (TPSA) is 73.8 Å². The highest BCUT2D eigenvalue weighted by Gasteiger charge is 2.58. The second-order valence-electron chi connectivity index (χ2n) is 8.89. The molecule has 172 valence electrons. The predicted octanol–water partition coefficient (Wildman–Crippen LogP) is 2.82. The van der Waals surface area contributed by atoms with E-state index in [2.05, 4.69) is 27.8 Å². The lowest BCUT2D eigenvalue weighted by atomic mass is 9.85. The van der Waals surface area contributed by atoms with Crippen molar-refractivity contribution in [3.8, 4) is 0 Å². The van der Waals surface area contributed by atoms with E-state index < -0.39 is 11.6 Å². The molecule has 4 rings (SSSR count).